The quantitative estimate of drug-likeness (QED) is 0.840. The number of anilines is 1. The van der Waals surface area contributed by atoms with Gasteiger partial charge in [0.05, 0.1) is 12.7 Å². The van der Waals surface area contributed by atoms with Gasteiger partial charge in [0, 0.05) is 31.4 Å². The van der Waals surface area contributed by atoms with Crippen molar-refractivity contribution in [2.75, 3.05) is 31.6 Å². The zero-order valence-electron chi connectivity index (χ0n) is 10.4. The smallest absolute Gasteiger partial charge is 0.0674 e. The largest absolute Gasteiger partial charge is 0.380 e. The highest BCUT2D eigenvalue weighted by atomic mass is 16.5. The van der Waals surface area contributed by atoms with E-state index in [4.69, 9.17) is 4.74 Å². The molecule has 1 saturated heterocycles. The second kappa shape index (κ2) is 4.67. The van der Waals surface area contributed by atoms with Crippen LogP contribution in [0.3, 0.4) is 0 Å². The molecule has 2 aliphatic heterocycles. The normalized spacial score (nSPS) is 28.8. The Bertz CT molecular complexity index is 369. The first-order valence-electron chi connectivity index (χ1n) is 6.49. The van der Waals surface area contributed by atoms with Crippen molar-refractivity contribution < 1.29 is 4.74 Å². The lowest BCUT2D eigenvalue weighted by molar-refractivity contribution is -0.0191. The number of nitrogens with zero attached hydrogens (tertiary/aromatic N) is 1. The highest BCUT2D eigenvalue weighted by Gasteiger charge is 2.24. The molecule has 2 heterocycles. The lowest BCUT2D eigenvalue weighted by Gasteiger charge is -2.32. The number of rotatable bonds is 2. The van der Waals surface area contributed by atoms with Crippen molar-refractivity contribution in [3.05, 3.63) is 29.8 Å². The van der Waals surface area contributed by atoms with Gasteiger partial charge >= 0.3 is 0 Å². The average molecular weight is 232 g/mol. The Labute approximate surface area is 103 Å². The van der Waals surface area contributed by atoms with E-state index in [9.17, 15) is 0 Å². The summed E-state index contributed by atoms with van der Waals surface area (Å²) in [6.07, 6.45) is 1.54. The Morgan fingerprint density at radius 2 is 2.29 bits per heavy atom. The van der Waals surface area contributed by atoms with Gasteiger partial charge in [-0.1, -0.05) is 18.2 Å². The van der Waals surface area contributed by atoms with Gasteiger partial charge in [0.1, 0.15) is 0 Å². The number of fused-ring (bicyclic) bond motifs is 1. The molecule has 1 fully saturated rings. The van der Waals surface area contributed by atoms with E-state index in [0.717, 1.165) is 32.7 Å². The van der Waals surface area contributed by atoms with Crippen LogP contribution >= 0.6 is 0 Å². The maximum atomic E-state index is 5.57. The van der Waals surface area contributed by atoms with Crippen molar-refractivity contribution in [1.29, 1.82) is 0 Å². The van der Waals surface area contributed by atoms with E-state index in [1.165, 1.54) is 11.3 Å². The maximum Gasteiger partial charge on any atom is 0.0674 e. The maximum absolute atomic E-state index is 5.57. The van der Waals surface area contributed by atoms with Gasteiger partial charge in [0.15, 0.2) is 0 Å². The molecule has 3 rings (SSSR count). The highest BCUT2D eigenvalue weighted by Crippen LogP contribution is 2.25. The van der Waals surface area contributed by atoms with Crippen molar-refractivity contribution in [2.24, 2.45) is 0 Å². The van der Waals surface area contributed by atoms with E-state index < -0.39 is 0 Å². The van der Waals surface area contributed by atoms with Crippen LogP contribution in [0.2, 0.25) is 0 Å². The molecule has 17 heavy (non-hydrogen) atoms. The Hall–Kier alpha value is -1.06. The summed E-state index contributed by atoms with van der Waals surface area (Å²) in [7, 11) is 0. The van der Waals surface area contributed by atoms with Crippen LogP contribution in [-0.4, -0.2) is 43.3 Å². The van der Waals surface area contributed by atoms with Crippen LogP contribution in [0.5, 0.6) is 0 Å². The number of morpholine rings is 1. The van der Waals surface area contributed by atoms with Crippen LogP contribution in [0.25, 0.3) is 0 Å². The van der Waals surface area contributed by atoms with Crippen molar-refractivity contribution in [3.63, 3.8) is 0 Å². The topological polar surface area (TPSA) is 24.5 Å². The predicted octanol–water partition coefficient (Wildman–Crippen LogP) is 1.74. The predicted molar refractivity (Wildman–Crippen MR) is 69.4 cm³/mol. The summed E-state index contributed by atoms with van der Waals surface area (Å²) in [6.45, 7) is 6.29. The summed E-state index contributed by atoms with van der Waals surface area (Å²) in [5, 5.41) is 3.61. The Morgan fingerprint density at radius 1 is 1.41 bits per heavy atom. The van der Waals surface area contributed by atoms with E-state index in [-0.39, 0.29) is 0 Å². The van der Waals surface area contributed by atoms with Gasteiger partial charge < -0.3 is 10.1 Å². The van der Waals surface area contributed by atoms with Crippen LogP contribution in [0.1, 0.15) is 12.5 Å². The SMILES string of the molecule is CC1CN(CC2Cc3ccccc3N2)CCO1. The number of ether oxygens (including phenoxy) is 1. The minimum atomic E-state index is 0.382. The van der Waals surface area contributed by atoms with Gasteiger partial charge in [0.25, 0.3) is 0 Å². The van der Waals surface area contributed by atoms with Crippen LogP contribution in [0, 0.1) is 0 Å². The minimum absolute atomic E-state index is 0.382. The average Bonchev–Trinajstić information content (AvgIpc) is 2.71. The molecule has 1 aromatic rings. The third kappa shape index (κ3) is 2.45. The third-order valence-corrected chi connectivity index (χ3v) is 3.65. The molecule has 0 aliphatic carbocycles. The van der Waals surface area contributed by atoms with Crippen molar-refractivity contribution in [3.8, 4) is 0 Å². The molecule has 0 aromatic heterocycles. The number of hydrogen-bond donors (Lipinski definition) is 1. The summed E-state index contributed by atoms with van der Waals surface area (Å²) in [5.41, 5.74) is 2.78. The standard InChI is InChI=1S/C14H20N2O/c1-11-9-16(6-7-17-11)10-13-8-12-4-2-3-5-14(12)15-13/h2-5,11,13,15H,6-10H2,1H3. The third-order valence-electron chi connectivity index (χ3n) is 3.65. The van der Waals surface area contributed by atoms with Crippen molar-refractivity contribution >= 4 is 5.69 Å². The van der Waals surface area contributed by atoms with E-state index in [1.807, 2.05) is 0 Å². The fraction of sp³-hybridized carbons (Fsp3) is 0.571. The number of para-hydroxylation sites is 1. The summed E-state index contributed by atoms with van der Waals surface area (Å²) >= 11 is 0. The van der Waals surface area contributed by atoms with Crippen molar-refractivity contribution in [1.82, 2.24) is 4.90 Å². The molecule has 92 valence electrons. The molecule has 0 saturated carbocycles. The Morgan fingerprint density at radius 3 is 3.12 bits per heavy atom. The molecule has 2 atom stereocenters. The lowest BCUT2D eigenvalue weighted by atomic mass is 10.1. The molecule has 3 nitrogen and oxygen atoms in total. The van der Waals surface area contributed by atoms with E-state index >= 15 is 0 Å². The van der Waals surface area contributed by atoms with Crippen molar-refractivity contribution in [2.45, 2.75) is 25.5 Å². The fourth-order valence-electron chi connectivity index (χ4n) is 2.85. The second-order valence-electron chi connectivity index (χ2n) is 5.14. The van der Waals surface area contributed by atoms with Crippen LogP contribution in [0.15, 0.2) is 24.3 Å². The molecule has 1 N–H and O–H groups in total. The highest BCUT2D eigenvalue weighted by molar-refractivity contribution is 5.56. The molecule has 2 unspecified atom stereocenters. The molecule has 0 spiro atoms. The first-order valence-corrected chi connectivity index (χ1v) is 6.49. The molecule has 0 radical (unpaired) electrons. The van der Waals surface area contributed by atoms with Crippen LogP contribution in [0.4, 0.5) is 5.69 Å². The van der Waals surface area contributed by atoms with Gasteiger partial charge in [-0.3, -0.25) is 4.90 Å². The number of hydrogen-bond acceptors (Lipinski definition) is 3. The van der Waals surface area contributed by atoms with E-state index in [0.29, 0.717) is 12.1 Å². The summed E-state index contributed by atoms with van der Waals surface area (Å²) in [5.74, 6) is 0. The molecular weight excluding hydrogens is 212 g/mol. The molecule has 1 aromatic carbocycles. The van der Waals surface area contributed by atoms with Gasteiger partial charge in [-0.15, -0.1) is 0 Å². The molecular formula is C14H20N2O. The molecule has 3 heteroatoms. The first kappa shape index (κ1) is 11.1. The monoisotopic (exact) mass is 232 g/mol. The van der Waals surface area contributed by atoms with Gasteiger partial charge in [-0.25, -0.2) is 0 Å². The Kier molecular flexibility index (Phi) is 3.04. The summed E-state index contributed by atoms with van der Waals surface area (Å²) in [4.78, 5) is 2.51. The van der Waals surface area contributed by atoms with E-state index in [2.05, 4.69) is 41.4 Å². The molecule has 0 amide bonds. The minimum Gasteiger partial charge on any atom is -0.380 e. The second-order valence-corrected chi connectivity index (χ2v) is 5.14. The lowest BCUT2D eigenvalue weighted by Crippen LogP contribution is -2.45. The van der Waals surface area contributed by atoms with Crippen LogP contribution in [-0.2, 0) is 11.2 Å². The van der Waals surface area contributed by atoms with Gasteiger partial charge in [0.2, 0.25) is 0 Å². The zero-order chi connectivity index (χ0) is 11.7. The molecule has 0 bridgehead atoms. The van der Waals surface area contributed by atoms with Gasteiger partial charge in [-0.2, -0.15) is 0 Å². The van der Waals surface area contributed by atoms with Crippen LogP contribution < -0.4 is 5.32 Å². The zero-order valence-corrected chi connectivity index (χ0v) is 10.4. The number of benzene rings is 1. The van der Waals surface area contributed by atoms with E-state index in [1.54, 1.807) is 0 Å². The summed E-state index contributed by atoms with van der Waals surface area (Å²) in [6, 6.07) is 9.20. The summed E-state index contributed by atoms with van der Waals surface area (Å²) < 4.78 is 5.57. The number of nitrogens with one attached hydrogen (secondary N) is 1. The first-order chi connectivity index (χ1) is 8.31. The Balaban J connectivity index is 1.58. The van der Waals surface area contributed by atoms with Gasteiger partial charge in [-0.05, 0) is 25.0 Å². The molecule has 2 aliphatic rings. The fourth-order valence-corrected chi connectivity index (χ4v) is 2.85.